The largest absolute Gasteiger partial charge is 0.352 e. The summed E-state index contributed by atoms with van der Waals surface area (Å²) in [7, 11) is 0. The molecule has 0 atom stereocenters. The number of rotatable bonds is 3. The van der Waals surface area contributed by atoms with Gasteiger partial charge in [-0.2, -0.15) is 5.10 Å². The number of carbonyl (C=O) groups is 1. The van der Waals surface area contributed by atoms with Crippen molar-refractivity contribution in [1.82, 2.24) is 29.9 Å². The van der Waals surface area contributed by atoms with E-state index in [4.69, 9.17) is 0 Å². The van der Waals surface area contributed by atoms with E-state index in [1.165, 1.54) is 19.2 Å². The van der Waals surface area contributed by atoms with Crippen molar-refractivity contribution in [2.45, 2.75) is 25.7 Å². The van der Waals surface area contributed by atoms with Crippen LogP contribution in [0.3, 0.4) is 0 Å². The fourth-order valence-corrected chi connectivity index (χ4v) is 3.52. The molecule has 2 fully saturated rings. The molecule has 0 spiro atoms. The van der Waals surface area contributed by atoms with Gasteiger partial charge in [0.15, 0.2) is 11.6 Å². The van der Waals surface area contributed by atoms with Gasteiger partial charge in [-0.1, -0.05) is 12.8 Å². The highest BCUT2D eigenvalue weighted by Gasteiger charge is 2.29. The highest BCUT2D eigenvalue weighted by Crippen LogP contribution is 2.27. The van der Waals surface area contributed by atoms with E-state index in [2.05, 4.69) is 25.2 Å². The lowest BCUT2D eigenvalue weighted by Gasteiger charge is -2.36. The minimum absolute atomic E-state index is 0.262. The molecular formula is C16H21N7O. The van der Waals surface area contributed by atoms with Gasteiger partial charge < -0.3 is 9.80 Å². The molecule has 0 unspecified atom stereocenters. The van der Waals surface area contributed by atoms with E-state index in [1.54, 1.807) is 11.0 Å². The molecule has 8 nitrogen and oxygen atoms in total. The van der Waals surface area contributed by atoms with Crippen molar-refractivity contribution < 1.29 is 4.79 Å². The van der Waals surface area contributed by atoms with E-state index < -0.39 is 0 Å². The van der Waals surface area contributed by atoms with E-state index >= 15 is 0 Å². The van der Waals surface area contributed by atoms with E-state index in [9.17, 15) is 4.79 Å². The maximum atomic E-state index is 12.5. The fraction of sp³-hybridized carbons (Fsp3) is 0.562. The number of anilines is 1. The zero-order chi connectivity index (χ0) is 16.4. The summed E-state index contributed by atoms with van der Waals surface area (Å²) in [5, 5.41) is 12.5. The van der Waals surface area contributed by atoms with Crippen molar-refractivity contribution in [1.29, 1.82) is 0 Å². The fourth-order valence-electron chi connectivity index (χ4n) is 3.52. The molecule has 1 aliphatic carbocycles. The van der Waals surface area contributed by atoms with Crippen LogP contribution in [0.25, 0.3) is 5.82 Å². The molecule has 0 aromatic carbocycles. The minimum atomic E-state index is 0.262. The average Bonchev–Trinajstić information content (AvgIpc) is 3.35. The third kappa shape index (κ3) is 2.95. The Balaban J connectivity index is 1.36. The number of hydrogen-bond donors (Lipinski definition) is 0. The van der Waals surface area contributed by atoms with Crippen LogP contribution in [0.15, 0.2) is 24.8 Å². The summed E-state index contributed by atoms with van der Waals surface area (Å²) in [4.78, 5) is 20.6. The predicted molar refractivity (Wildman–Crippen MR) is 87.7 cm³/mol. The first kappa shape index (κ1) is 15.0. The van der Waals surface area contributed by atoms with E-state index in [0.29, 0.717) is 11.7 Å². The van der Waals surface area contributed by atoms with Crippen LogP contribution in [0, 0.1) is 5.92 Å². The molecule has 1 amide bonds. The summed E-state index contributed by atoms with van der Waals surface area (Å²) in [5.41, 5.74) is 0. The van der Waals surface area contributed by atoms with Gasteiger partial charge in [-0.15, -0.1) is 10.2 Å². The van der Waals surface area contributed by atoms with Gasteiger partial charge in [-0.3, -0.25) is 4.79 Å². The van der Waals surface area contributed by atoms with Gasteiger partial charge in [-0.05, 0) is 25.0 Å². The van der Waals surface area contributed by atoms with Crippen LogP contribution in [0.2, 0.25) is 0 Å². The van der Waals surface area contributed by atoms with Crippen LogP contribution in [0.5, 0.6) is 0 Å². The quantitative estimate of drug-likeness (QED) is 0.833. The second-order valence-electron chi connectivity index (χ2n) is 6.38. The molecule has 4 rings (SSSR count). The zero-order valence-corrected chi connectivity index (χ0v) is 13.6. The first-order valence-corrected chi connectivity index (χ1v) is 8.54. The Bertz CT molecular complexity index is 671. The molecule has 1 saturated carbocycles. The molecule has 2 aromatic rings. The molecule has 2 aromatic heterocycles. The van der Waals surface area contributed by atoms with Gasteiger partial charge in [0.25, 0.3) is 0 Å². The van der Waals surface area contributed by atoms with Crippen molar-refractivity contribution in [2.24, 2.45) is 5.92 Å². The van der Waals surface area contributed by atoms with Crippen molar-refractivity contribution in [3.05, 3.63) is 24.8 Å². The molecule has 3 heterocycles. The van der Waals surface area contributed by atoms with E-state index in [0.717, 1.165) is 44.8 Å². The summed E-state index contributed by atoms with van der Waals surface area (Å²) < 4.78 is 1.58. The standard InChI is InChI=1S/C16H21N7O/c24-16(13-3-1-2-4-13)22-9-7-21(8-10-22)14-5-6-15(20-19-14)23-12-17-11-18-23/h5-6,11-13H,1-4,7-10H2. The monoisotopic (exact) mass is 327 g/mol. The van der Waals surface area contributed by atoms with Gasteiger partial charge >= 0.3 is 0 Å². The molecule has 8 heteroatoms. The van der Waals surface area contributed by atoms with Crippen LogP contribution in [-0.4, -0.2) is 61.9 Å². The Morgan fingerprint density at radius 2 is 1.71 bits per heavy atom. The second-order valence-corrected chi connectivity index (χ2v) is 6.38. The topological polar surface area (TPSA) is 80.0 Å². The highest BCUT2D eigenvalue weighted by molar-refractivity contribution is 5.79. The Kier molecular flexibility index (Phi) is 4.10. The van der Waals surface area contributed by atoms with Crippen LogP contribution in [-0.2, 0) is 4.79 Å². The van der Waals surface area contributed by atoms with E-state index in [1.807, 2.05) is 17.0 Å². The SMILES string of the molecule is O=C(C1CCCC1)N1CCN(c2ccc(-n3cncn3)nn2)CC1. The lowest BCUT2D eigenvalue weighted by atomic mass is 10.1. The normalized spacial score (nSPS) is 19.0. The molecular weight excluding hydrogens is 306 g/mol. The Hall–Kier alpha value is -2.51. The first-order valence-electron chi connectivity index (χ1n) is 8.54. The third-order valence-electron chi connectivity index (χ3n) is 4.91. The molecule has 1 aliphatic heterocycles. The van der Waals surface area contributed by atoms with Gasteiger partial charge in [0, 0.05) is 32.1 Å². The number of carbonyl (C=O) groups excluding carboxylic acids is 1. The van der Waals surface area contributed by atoms with Crippen molar-refractivity contribution in [3.63, 3.8) is 0 Å². The number of hydrogen-bond acceptors (Lipinski definition) is 6. The molecule has 2 aliphatic rings. The first-order chi connectivity index (χ1) is 11.8. The zero-order valence-electron chi connectivity index (χ0n) is 13.6. The third-order valence-corrected chi connectivity index (χ3v) is 4.91. The molecule has 0 N–H and O–H groups in total. The second kappa shape index (κ2) is 6.54. The number of nitrogens with zero attached hydrogens (tertiary/aromatic N) is 7. The number of amides is 1. The minimum Gasteiger partial charge on any atom is -0.352 e. The number of piperazine rings is 1. The van der Waals surface area contributed by atoms with E-state index in [-0.39, 0.29) is 5.92 Å². The Labute approximate surface area is 140 Å². The maximum Gasteiger partial charge on any atom is 0.225 e. The van der Waals surface area contributed by atoms with Gasteiger partial charge in [-0.25, -0.2) is 9.67 Å². The molecule has 126 valence electrons. The Morgan fingerprint density at radius 1 is 1.00 bits per heavy atom. The predicted octanol–water partition coefficient (Wildman–Crippen LogP) is 0.896. The lowest BCUT2D eigenvalue weighted by Crippen LogP contribution is -2.50. The molecule has 0 radical (unpaired) electrons. The molecule has 24 heavy (non-hydrogen) atoms. The maximum absolute atomic E-state index is 12.5. The van der Waals surface area contributed by atoms with Gasteiger partial charge in [0.05, 0.1) is 0 Å². The van der Waals surface area contributed by atoms with Crippen molar-refractivity contribution >= 4 is 11.7 Å². The van der Waals surface area contributed by atoms with Gasteiger partial charge in [0.2, 0.25) is 5.91 Å². The van der Waals surface area contributed by atoms with Crippen LogP contribution < -0.4 is 4.90 Å². The Morgan fingerprint density at radius 3 is 2.33 bits per heavy atom. The summed E-state index contributed by atoms with van der Waals surface area (Å²) in [6, 6.07) is 3.82. The van der Waals surface area contributed by atoms with Crippen LogP contribution in [0.1, 0.15) is 25.7 Å². The molecule has 1 saturated heterocycles. The van der Waals surface area contributed by atoms with Crippen molar-refractivity contribution in [3.8, 4) is 5.82 Å². The smallest absolute Gasteiger partial charge is 0.225 e. The van der Waals surface area contributed by atoms with Crippen LogP contribution in [0.4, 0.5) is 5.82 Å². The van der Waals surface area contributed by atoms with Gasteiger partial charge in [0.1, 0.15) is 12.7 Å². The summed E-state index contributed by atoms with van der Waals surface area (Å²) in [6.07, 6.45) is 7.59. The summed E-state index contributed by atoms with van der Waals surface area (Å²) in [6.45, 7) is 3.13. The highest BCUT2D eigenvalue weighted by atomic mass is 16.2. The average molecular weight is 327 g/mol. The lowest BCUT2D eigenvalue weighted by molar-refractivity contribution is -0.135. The van der Waals surface area contributed by atoms with Crippen molar-refractivity contribution in [2.75, 3.05) is 31.1 Å². The number of aromatic nitrogens is 5. The summed E-state index contributed by atoms with van der Waals surface area (Å²) in [5.74, 6) is 2.09. The molecule has 0 bridgehead atoms. The summed E-state index contributed by atoms with van der Waals surface area (Å²) >= 11 is 0. The van der Waals surface area contributed by atoms with Crippen LogP contribution >= 0.6 is 0 Å².